The maximum absolute atomic E-state index is 12.7. The van der Waals surface area contributed by atoms with Crippen LogP contribution in [0.5, 0.6) is 5.75 Å². The Morgan fingerprint density at radius 3 is 2.70 bits per heavy atom. The second kappa shape index (κ2) is 8.96. The van der Waals surface area contributed by atoms with Crippen molar-refractivity contribution in [2.75, 3.05) is 6.61 Å². The van der Waals surface area contributed by atoms with Crippen LogP contribution in [0, 0.1) is 0 Å². The lowest BCUT2D eigenvalue weighted by Gasteiger charge is -2.10. The molecule has 5 rings (SSSR count). The number of carbonyl (C=O) groups excluding carboxylic acids is 1. The van der Waals surface area contributed by atoms with E-state index in [4.69, 9.17) is 4.74 Å². The highest BCUT2D eigenvalue weighted by Gasteiger charge is 2.10. The van der Waals surface area contributed by atoms with Crippen LogP contribution < -0.4 is 10.2 Å². The number of rotatable bonds is 6. The van der Waals surface area contributed by atoms with Gasteiger partial charge in [-0.1, -0.05) is 60.7 Å². The fraction of sp³-hybridized carbons (Fsp3) is 0.0741. The van der Waals surface area contributed by atoms with Gasteiger partial charge in [-0.05, 0) is 42.0 Å². The number of imidazole rings is 1. The molecule has 0 aliphatic rings. The molecule has 0 atom stereocenters. The second-order valence-corrected chi connectivity index (χ2v) is 7.51. The molecular weight excluding hydrogens is 412 g/mol. The summed E-state index contributed by atoms with van der Waals surface area (Å²) in [4.78, 5) is 20.6. The number of hydrazone groups is 1. The van der Waals surface area contributed by atoms with Crippen molar-refractivity contribution >= 4 is 33.9 Å². The quantitative estimate of drug-likeness (QED) is 0.272. The molecule has 0 saturated heterocycles. The molecule has 5 aromatic rings. The van der Waals surface area contributed by atoms with Crippen LogP contribution in [0.2, 0.25) is 0 Å². The Bertz CT molecular complexity index is 1470. The van der Waals surface area contributed by atoms with Crippen molar-refractivity contribution in [3.8, 4) is 17.1 Å². The molecule has 162 valence electrons. The molecule has 6 nitrogen and oxygen atoms in total. The molecular formula is C27H22N4O2. The van der Waals surface area contributed by atoms with E-state index in [1.54, 1.807) is 18.3 Å². The summed E-state index contributed by atoms with van der Waals surface area (Å²) < 4.78 is 5.76. The zero-order valence-electron chi connectivity index (χ0n) is 18.1. The van der Waals surface area contributed by atoms with E-state index in [0.717, 1.165) is 44.5 Å². The minimum atomic E-state index is -0.304. The molecule has 0 saturated carbocycles. The molecule has 6 heteroatoms. The summed E-state index contributed by atoms with van der Waals surface area (Å²) in [5.74, 6) is 1.18. The number of hydrogen-bond acceptors (Lipinski definition) is 4. The molecule has 4 aromatic carbocycles. The Morgan fingerprint density at radius 2 is 1.85 bits per heavy atom. The zero-order chi connectivity index (χ0) is 22.6. The Balaban J connectivity index is 1.38. The lowest BCUT2D eigenvalue weighted by atomic mass is 10.0. The number of aromatic nitrogens is 2. The van der Waals surface area contributed by atoms with Gasteiger partial charge >= 0.3 is 0 Å². The molecule has 0 spiro atoms. The highest BCUT2D eigenvalue weighted by Crippen LogP contribution is 2.27. The monoisotopic (exact) mass is 434 g/mol. The van der Waals surface area contributed by atoms with Crippen LogP contribution in [-0.4, -0.2) is 28.7 Å². The van der Waals surface area contributed by atoms with Gasteiger partial charge in [0, 0.05) is 16.7 Å². The van der Waals surface area contributed by atoms with Crippen LogP contribution in [0.25, 0.3) is 33.2 Å². The summed E-state index contributed by atoms with van der Waals surface area (Å²) in [6, 6.07) is 27.2. The number of benzene rings is 4. The summed E-state index contributed by atoms with van der Waals surface area (Å²) in [6.45, 7) is 2.48. The maximum Gasteiger partial charge on any atom is 0.271 e. The van der Waals surface area contributed by atoms with Gasteiger partial charge in [-0.25, -0.2) is 10.4 Å². The molecule has 0 aliphatic heterocycles. The molecule has 1 amide bonds. The number of carbonyl (C=O) groups is 1. The summed E-state index contributed by atoms with van der Waals surface area (Å²) in [7, 11) is 0. The van der Waals surface area contributed by atoms with Crippen LogP contribution in [0.4, 0.5) is 0 Å². The summed E-state index contributed by atoms with van der Waals surface area (Å²) in [5, 5.41) is 6.30. The smallest absolute Gasteiger partial charge is 0.271 e. The fourth-order valence-corrected chi connectivity index (χ4v) is 3.79. The normalized spacial score (nSPS) is 11.3. The van der Waals surface area contributed by atoms with E-state index in [2.05, 4.69) is 20.5 Å². The van der Waals surface area contributed by atoms with Crippen LogP contribution in [0.1, 0.15) is 22.8 Å². The third kappa shape index (κ3) is 4.19. The maximum atomic E-state index is 12.7. The number of nitrogens with zero attached hydrogens (tertiary/aromatic N) is 2. The van der Waals surface area contributed by atoms with Gasteiger partial charge in [-0.3, -0.25) is 4.79 Å². The van der Waals surface area contributed by atoms with E-state index in [0.29, 0.717) is 12.2 Å². The molecule has 0 unspecified atom stereocenters. The molecule has 1 aromatic heterocycles. The molecule has 0 fully saturated rings. The number of amides is 1. The SMILES string of the molecule is CCOc1ccc2ccccc2c1/C=N/NC(=O)c1ccc2nc(-c3ccccc3)[nH]c2c1. The average molecular weight is 434 g/mol. The van der Waals surface area contributed by atoms with Crippen molar-refractivity contribution in [3.63, 3.8) is 0 Å². The lowest BCUT2D eigenvalue weighted by Crippen LogP contribution is -2.17. The highest BCUT2D eigenvalue weighted by molar-refractivity contribution is 6.03. The first-order chi connectivity index (χ1) is 16.2. The summed E-state index contributed by atoms with van der Waals surface area (Å²) >= 11 is 0. The number of nitrogens with one attached hydrogen (secondary N) is 2. The van der Waals surface area contributed by atoms with Gasteiger partial charge in [0.05, 0.1) is 23.9 Å². The van der Waals surface area contributed by atoms with E-state index in [-0.39, 0.29) is 5.91 Å². The molecule has 0 radical (unpaired) electrons. The minimum absolute atomic E-state index is 0.304. The second-order valence-electron chi connectivity index (χ2n) is 7.51. The molecule has 33 heavy (non-hydrogen) atoms. The number of aromatic amines is 1. The van der Waals surface area contributed by atoms with Crippen molar-refractivity contribution < 1.29 is 9.53 Å². The van der Waals surface area contributed by atoms with Crippen LogP contribution in [-0.2, 0) is 0 Å². The van der Waals surface area contributed by atoms with Gasteiger partial charge in [0.2, 0.25) is 0 Å². The predicted octanol–water partition coefficient (Wildman–Crippen LogP) is 5.55. The molecule has 0 bridgehead atoms. The van der Waals surface area contributed by atoms with Crippen molar-refractivity contribution in [2.45, 2.75) is 6.92 Å². The molecule has 1 heterocycles. The fourth-order valence-electron chi connectivity index (χ4n) is 3.79. The summed E-state index contributed by atoms with van der Waals surface area (Å²) in [5.41, 5.74) is 6.52. The van der Waals surface area contributed by atoms with Gasteiger partial charge in [0.25, 0.3) is 5.91 Å². The third-order valence-corrected chi connectivity index (χ3v) is 5.38. The zero-order valence-corrected chi connectivity index (χ0v) is 18.1. The molecule has 2 N–H and O–H groups in total. The van der Waals surface area contributed by atoms with Crippen molar-refractivity contribution in [3.05, 3.63) is 96.1 Å². The van der Waals surface area contributed by atoms with E-state index < -0.39 is 0 Å². The largest absolute Gasteiger partial charge is 0.493 e. The third-order valence-electron chi connectivity index (χ3n) is 5.38. The first-order valence-electron chi connectivity index (χ1n) is 10.8. The first kappa shape index (κ1) is 20.5. The van der Waals surface area contributed by atoms with Crippen molar-refractivity contribution in [2.24, 2.45) is 5.10 Å². The van der Waals surface area contributed by atoms with Gasteiger partial charge < -0.3 is 9.72 Å². The first-order valence-corrected chi connectivity index (χ1v) is 10.8. The van der Waals surface area contributed by atoms with Crippen LogP contribution in [0.15, 0.2) is 90.0 Å². The van der Waals surface area contributed by atoms with Gasteiger partial charge in [0.15, 0.2) is 0 Å². The predicted molar refractivity (Wildman–Crippen MR) is 132 cm³/mol. The highest BCUT2D eigenvalue weighted by atomic mass is 16.5. The Kier molecular flexibility index (Phi) is 5.55. The number of fused-ring (bicyclic) bond motifs is 2. The number of hydrogen-bond donors (Lipinski definition) is 2. The van der Waals surface area contributed by atoms with Crippen molar-refractivity contribution in [1.29, 1.82) is 0 Å². The Morgan fingerprint density at radius 1 is 1.03 bits per heavy atom. The van der Waals surface area contributed by atoms with E-state index in [1.165, 1.54) is 0 Å². The Labute approximate surface area is 190 Å². The van der Waals surface area contributed by atoms with E-state index >= 15 is 0 Å². The van der Waals surface area contributed by atoms with Crippen molar-refractivity contribution in [1.82, 2.24) is 15.4 Å². The van der Waals surface area contributed by atoms with Gasteiger partial charge in [0.1, 0.15) is 11.6 Å². The summed E-state index contributed by atoms with van der Waals surface area (Å²) in [6.07, 6.45) is 1.63. The lowest BCUT2D eigenvalue weighted by molar-refractivity contribution is 0.0955. The van der Waals surface area contributed by atoms with Crippen LogP contribution in [0.3, 0.4) is 0 Å². The Hall–Kier alpha value is -4.45. The van der Waals surface area contributed by atoms with Gasteiger partial charge in [-0.15, -0.1) is 0 Å². The van der Waals surface area contributed by atoms with E-state index in [9.17, 15) is 4.79 Å². The van der Waals surface area contributed by atoms with Crippen LogP contribution >= 0.6 is 0 Å². The standard InChI is InChI=1S/C27H22N4O2/c1-2-33-25-15-13-18-8-6-7-11-21(18)22(25)17-28-31-27(32)20-12-14-23-24(16-20)30-26(29-23)19-9-4-3-5-10-19/h3-17H,2H2,1H3,(H,29,30)(H,31,32)/b28-17+. The topological polar surface area (TPSA) is 79.4 Å². The number of ether oxygens (including phenoxy) is 1. The minimum Gasteiger partial charge on any atom is -0.493 e. The average Bonchev–Trinajstić information content (AvgIpc) is 3.29. The van der Waals surface area contributed by atoms with Gasteiger partial charge in [-0.2, -0.15) is 5.10 Å². The van der Waals surface area contributed by atoms with E-state index in [1.807, 2.05) is 79.7 Å². The molecule has 0 aliphatic carbocycles. The number of H-pyrrole nitrogens is 1.